The molecule has 0 fully saturated rings. The van der Waals surface area contributed by atoms with Gasteiger partial charge in [0.15, 0.2) is 5.82 Å². The molecule has 0 bridgehead atoms. The van der Waals surface area contributed by atoms with Gasteiger partial charge in [-0.25, -0.2) is 4.39 Å². The summed E-state index contributed by atoms with van der Waals surface area (Å²) in [5.41, 5.74) is 2.56. The largest absolute Gasteiger partial charge is 0.372 e. The van der Waals surface area contributed by atoms with E-state index in [-0.39, 0.29) is 11.9 Å². The molecular formula is C15H11BrFN. The summed E-state index contributed by atoms with van der Waals surface area (Å²) < 4.78 is 14.5. The standard InChI is InChI=1S/C15H11BrFN/c16-12-8-6-11-7-9-13(18-15(11)14(12)17)10-4-2-1-3-5-10/h1-9,13,18H. The van der Waals surface area contributed by atoms with Gasteiger partial charge in [-0.05, 0) is 27.6 Å². The van der Waals surface area contributed by atoms with E-state index in [9.17, 15) is 4.39 Å². The maximum atomic E-state index is 14.0. The van der Waals surface area contributed by atoms with Crippen LogP contribution in [0.2, 0.25) is 0 Å². The highest BCUT2D eigenvalue weighted by Crippen LogP contribution is 2.34. The van der Waals surface area contributed by atoms with E-state index in [1.807, 2.05) is 48.6 Å². The van der Waals surface area contributed by atoms with Gasteiger partial charge in [-0.2, -0.15) is 0 Å². The van der Waals surface area contributed by atoms with Crippen molar-refractivity contribution in [1.29, 1.82) is 0 Å². The van der Waals surface area contributed by atoms with Crippen molar-refractivity contribution in [2.45, 2.75) is 6.04 Å². The zero-order chi connectivity index (χ0) is 12.5. The second-order valence-corrected chi connectivity index (χ2v) is 5.07. The molecule has 2 aromatic rings. The van der Waals surface area contributed by atoms with Crippen molar-refractivity contribution in [2.75, 3.05) is 5.32 Å². The first-order valence-electron chi connectivity index (χ1n) is 5.73. The number of benzene rings is 2. The van der Waals surface area contributed by atoms with Crippen molar-refractivity contribution in [1.82, 2.24) is 0 Å². The van der Waals surface area contributed by atoms with Crippen molar-refractivity contribution in [3.63, 3.8) is 0 Å². The molecule has 0 saturated carbocycles. The van der Waals surface area contributed by atoms with E-state index in [2.05, 4.69) is 21.2 Å². The maximum absolute atomic E-state index is 14.0. The van der Waals surface area contributed by atoms with E-state index in [0.29, 0.717) is 10.2 Å². The molecule has 90 valence electrons. The van der Waals surface area contributed by atoms with Crippen LogP contribution in [0.3, 0.4) is 0 Å². The van der Waals surface area contributed by atoms with Crippen LogP contribution in [0.15, 0.2) is 53.0 Å². The Kier molecular flexibility index (Phi) is 2.92. The van der Waals surface area contributed by atoms with Gasteiger partial charge in [-0.3, -0.25) is 0 Å². The van der Waals surface area contributed by atoms with Gasteiger partial charge in [-0.15, -0.1) is 0 Å². The Morgan fingerprint density at radius 3 is 2.61 bits per heavy atom. The quantitative estimate of drug-likeness (QED) is 0.800. The van der Waals surface area contributed by atoms with E-state index in [1.54, 1.807) is 6.07 Å². The molecular weight excluding hydrogens is 293 g/mol. The van der Waals surface area contributed by atoms with Crippen molar-refractivity contribution >= 4 is 27.7 Å². The Hall–Kier alpha value is -1.61. The SMILES string of the molecule is Fc1c(Br)ccc2c1NC(c1ccccc1)C=C2. The summed E-state index contributed by atoms with van der Waals surface area (Å²) in [6.07, 6.45) is 4.00. The third-order valence-corrected chi connectivity index (χ3v) is 3.67. The number of fused-ring (bicyclic) bond motifs is 1. The molecule has 1 N–H and O–H groups in total. The molecule has 1 aliphatic rings. The maximum Gasteiger partial charge on any atom is 0.161 e. The molecule has 1 heterocycles. The zero-order valence-electron chi connectivity index (χ0n) is 9.53. The summed E-state index contributed by atoms with van der Waals surface area (Å²) in [7, 11) is 0. The normalized spacial score (nSPS) is 17.1. The van der Waals surface area contributed by atoms with Crippen LogP contribution >= 0.6 is 15.9 Å². The summed E-state index contributed by atoms with van der Waals surface area (Å²) in [6.45, 7) is 0. The lowest BCUT2D eigenvalue weighted by Gasteiger charge is -2.23. The van der Waals surface area contributed by atoms with Crippen molar-refractivity contribution in [3.05, 3.63) is 70.0 Å². The molecule has 1 nitrogen and oxygen atoms in total. The minimum absolute atomic E-state index is 0.0162. The highest BCUT2D eigenvalue weighted by molar-refractivity contribution is 9.10. The third kappa shape index (κ3) is 1.95. The van der Waals surface area contributed by atoms with Crippen molar-refractivity contribution in [3.8, 4) is 0 Å². The minimum atomic E-state index is -0.238. The van der Waals surface area contributed by atoms with Crippen LogP contribution in [-0.2, 0) is 0 Å². The van der Waals surface area contributed by atoms with Gasteiger partial charge in [0, 0.05) is 5.56 Å². The predicted octanol–water partition coefficient (Wildman–Crippen LogP) is 4.77. The lowest BCUT2D eigenvalue weighted by molar-refractivity contribution is 0.621. The van der Waals surface area contributed by atoms with E-state index in [1.165, 1.54) is 0 Å². The van der Waals surface area contributed by atoms with Crippen LogP contribution in [0, 0.1) is 5.82 Å². The van der Waals surface area contributed by atoms with Crippen molar-refractivity contribution in [2.24, 2.45) is 0 Å². The van der Waals surface area contributed by atoms with Gasteiger partial charge in [0.05, 0.1) is 16.2 Å². The first-order chi connectivity index (χ1) is 8.75. The Bertz CT molecular complexity index is 607. The van der Waals surface area contributed by atoms with E-state index >= 15 is 0 Å². The average molecular weight is 304 g/mol. The highest BCUT2D eigenvalue weighted by Gasteiger charge is 2.18. The molecule has 0 aliphatic carbocycles. The van der Waals surface area contributed by atoms with Crippen LogP contribution in [0.1, 0.15) is 17.2 Å². The summed E-state index contributed by atoms with van der Waals surface area (Å²) in [4.78, 5) is 0. The summed E-state index contributed by atoms with van der Waals surface area (Å²) in [5, 5.41) is 3.23. The lowest BCUT2D eigenvalue weighted by Crippen LogP contribution is -2.13. The Morgan fingerprint density at radius 2 is 1.83 bits per heavy atom. The number of hydrogen-bond acceptors (Lipinski definition) is 1. The van der Waals surface area contributed by atoms with Crippen LogP contribution in [0.5, 0.6) is 0 Å². The lowest BCUT2D eigenvalue weighted by atomic mass is 10.00. The number of rotatable bonds is 1. The van der Waals surface area contributed by atoms with Crippen LogP contribution in [0.4, 0.5) is 10.1 Å². The summed E-state index contributed by atoms with van der Waals surface area (Å²) in [5.74, 6) is -0.238. The third-order valence-electron chi connectivity index (χ3n) is 3.05. The Labute approximate surface area is 113 Å². The first kappa shape index (κ1) is 11.5. The molecule has 1 unspecified atom stereocenters. The molecule has 0 radical (unpaired) electrons. The molecule has 3 rings (SSSR count). The first-order valence-corrected chi connectivity index (χ1v) is 6.53. The van der Waals surface area contributed by atoms with Gasteiger partial charge in [0.25, 0.3) is 0 Å². The molecule has 18 heavy (non-hydrogen) atoms. The summed E-state index contributed by atoms with van der Waals surface area (Å²) in [6, 6.07) is 13.6. The fraction of sp³-hybridized carbons (Fsp3) is 0.0667. The second kappa shape index (κ2) is 4.58. The molecule has 0 aromatic heterocycles. The second-order valence-electron chi connectivity index (χ2n) is 4.22. The zero-order valence-corrected chi connectivity index (χ0v) is 11.1. The fourth-order valence-corrected chi connectivity index (χ4v) is 2.44. The molecule has 0 spiro atoms. The number of halogens is 2. The van der Waals surface area contributed by atoms with E-state index in [0.717, 1.165) is 11.1 Å². The fourth-order valence-electron chi connectivity index (χ4n) is 2.11. The highest BCUT2D eigenvalue weighted by atomic mass is 79.9. The monoisotopic (exact) mass is 303 g/mol. The minimum Gasteiger partial charge on any atom is -0.372 e. The van der Waals surface area contributed by atoms with E-state index < -0.39 is 0 Å². The van der Waals surface area contributed by atoms with Gasteiger partial charge >= 0.3 is 0 Å². The number of hydrogen-bond donors (Lipinski definition) is 1. The summed E-state index contributed by atoms with van der Waals surface area (Å²) >= 11 is 3.21. The van der Waals surface area contributed by atoms with Crippen LogP contribution in [0.25, 0.3) is 6.08 Å². The molecule has 3 heteroatoms. The molecule has 0 saturated heterocycles. The molecule has 0 amide bonds. The predicted molar refractivity (Wildman–Crippen MR) is 75.9 cm³/mol. The van der Waals surface area contributed by atoms with Gasteiger partial charge in [-0.1, -0.05) is 48.6 Å². The van der Waals surface area contributed by atoms with E-state index in [4.69, 9.17) is 0 Å². The molecule has 2 aromatic carbocycles. The van der Waals surface area contributed by atoms with Crippen LogP contribution < -0.4 is 5.32 Å². The van der Waals surface area contributed by atoms with Gasteiger partial charge < -0.3 is 5.32 Å². The topological polar surface area (TPSA) is 12.0 Å². The average Bonchev–Trinajstić information content (AvgIpc) is 2.44. The van der Waals surface area contributed by atoms with Crippen molar-refractivity contribution < 1.29 is 4.39 Å². The Balaban J connectivity index is 2.01. The smallest absolute Gasteiger partial charge is 0.161 e. The van der Waals surface area contributed by atoms with Gasteiger partial charge in [0.2, 0.25) is 0 Å². The van der Waals surface area contributed by atoms with Gasteiger partial charge in [0.1, 0.15) is 0 Å². The molecule has 1 atom stereocenters. The number of anilines is 1. The van der Waals surface area contributed by atoms with Crippen LogP contribution in [-0.4, -0.2) is 0 Å². The Morgan fingerprint density at radius 1 is 1.06 bits per heavy atom. The molecule has 1 aliphatic heterocycles. The number of nitrogens with one attached hydrogen (secondary N) is 1.